The number of nitrogens with zero attached hydrogens (tertiary/aromatic N) is 3. The van der Waals surface area contributed by atoms with E-state index in [1.54, 1.807) is 24.1 Å². The molecular weight excluding hydrogens is 390 g/mol. The van der Waals surface area contributed by atoms with Crippen molar-refractivity contribution in [1.82, 2.24) is 20.0 Å². The maximum absolute atomic E-state index is 12.6. The molecule has 2 N–H and O–H groups in total. The number of hydrogen-bond donors (Lipinski definition) is 2. The summed E-state index contributed by atoms with van der Waals surface area (Å²) >= 11 is 6.24. The van der Waals surface area contributed by atoms with Gasteiger partial charge in [0.15, 0.2) is 5.82 Å². The number of aromatic nitrogens is 4. The SMILES string of the molecule is COc1ccc(-c2cc(C(=O)Nc3nn(Cc4ccccc4)cc3Cl)[nH]n2)cc1. The molecule has 2 aromatic carbocycles. The number of carbonyl (C=O) groups excluding carboxylic acids is 1. The second-order valence-electron chi connectivity index (χ2n) is 6.36. The monoisotopic (exact) mass is 407 g/mol. The molecule has 0 bridgehead atoms. The molecule has 0 aliphatic heterocycles. The number of ether oxygens (including phenoxy) is 1. The summed E-state index contributed by atoms with van der Waals surface area (Å²) < 4.78 is 6.84. The molecule has 2 aromatic heterocycles. The molecule has 4 rings (SSSR count). The van der Waals surface area contributed by atoms with Crippen LogP contribution in [0.2, 0.25) is 5.02 Å². The number of H-pyrrole nitrogens is 1. The highest BCUT2D eigenvalue weighted by Gasteiger charge is 2.15. The fourth-order valence-corrected chi connectivity index (χ4v) is 3.05. The van der Waals surface area contributed by atoms with Crippen LogP contribution in [0.15, 0.2) is 66.9 Å². The van der Waals surface area contributed by atoms with Gasteiger partial charge in [-0.2, -0.15) is 10.2 Å². The van der Waals surface area contributed by atoms with E-state index in [9.17, 15) is 4.79 Å². The summed E-state index contributed by atoms with van der Waals surface area (Å²) in [5.41, 5.74) is 2.91. The predicted molar refractivity (Wildman–Crippen MR) is 111 cm³/mol. The summed E-state index contributed by atoms with van der Waals surface area (Å²) in [5.74, 6) is 0.681. The normalized spacial score (nSPS) is 10.7. The quantitative estimate of drug-likeness (QED) is 0.500. The van der Waals surface area contributed by atoms with Crippen molar-refractivity contribution in [2.75, 3.05) is 12.4 Å². The first-order valence-corrected chi connectivity index (χ1v) is 9.28. The minimum Gasteiger partial charge on any atom is -0.497 e. The van der Waals surface area contributed by atoms with E-state index in [4.69, 9.17) is 16.3 Å². The van der Waals surface area contributed by atoms with Crippen LogP contribution in [0.25, 0.3) is 11.3 Å². The van der Waals surface area contributed by atoms with E-state index < -0.39 is 0 Å². The fourth-order valence-electron chi connectivity index (χ4n) is 2.86. The van der Waals surface area contributed by atoms with Crippen LogP contribution < -0.4 is 10.1 Å². The highest BCUT2D eigenvalue weighted by molar-refractivity contribution is 6.33. The highest BCUT2D eigenvalue weighted by atomic mass is 35.5. The fraction of sp³-hybridized carbons (Fsp3) is 0.0952. The van der Waals surface area contributed by atoms with Gasteiger partial charge in [-0.1, -0.05) is 41.9 Å². The lowest BCUT2D eigenvalue weighted by atomic mass is 10.1. The van der Waals surface area contributed by atoms with Crippen molar-refractivity contribution in [2.24, 2.45) is 0 Å². The van der Waals surface area contributed by atoms with Crippen LogP contribution in [-0.2, 0) is 6.54 Å². The summed E-state index contributed by atoms with van der Waals surface area (Å²) in [6.07, 6.45) is 1.68. The van der Waals surface area contributed by atoms with Crippen LogP contribution >= 0.6 is 11.6 Å². The highest BCUT2D eigenvalue weighted by Crippen LogP contribution is 2.23. The first-order chi connectivity index (χ1) is 14.1. The molecule has 2 heterocycles. The molecule has 7 nitrogen and oxygen atoms in total. The van der Waals surface area contributed by atoms with E-state index in [2.05, 4.69) is 20.6 Å². The Balaban J connectivity index is 1.46. The summed E-state index contributed by atoms with van der Waals surface area (Å²) in [6, 6.07) is 19.0. The van der Waals surface area contributed by atoms with Crippen LogP contribution in [0.3, 0.4) is 0 Å². The molecule has 0 spiro atoms. The van der Waals surface area contributed by atoms with Crippen molar-refractivity contribution >= 4 is 23.3 Å². The molecule has 146 valence electrons. The van der Waals surface area contributed by atoms with Crippen molar-refractivity contribution in [1.29, 1.82) is 0 Å². The first kappa shape index (κ1) is 18.8. The van der Waals surface area contributed by atoms with Gasteiger partial charge in [-0.15, -0.1) is 0 Å². The van der Waals surface area contributed by atoms with Crippen LogP contribution in [0.5, 0.6) is 5.75 Å². The lowest BCUT2D eigenvalue weighted by Gasteiger charge is -2.02. The topological polar surface area (TPSA) is 84.8 Å². The second kappa shape index (κ2) is 8.20. The van der Waals surface area contributed by atoms with Gasteiger partial charge in [0.05, 0.1) is 19.3 Å². The van der Waals surface area contributed by atoms with Crippen molar-refractivity contribution < 1.29 is 9.53 Å². The maximum Gasteiger partial charge on any atom is 0.274 e. The summed E-state index contributed by atoms with van der Waals surface area (Å²) in [6.45, 7) is 0.558. The van der Waals surface area contributed by atoms with Crippen molar-refractivity contribution in [2.45, 2.75) is 6.54 Å². The van der Waals surface area contributed by atoms with E-state index >= 15 is 0 Å². The van der Waals surface area contributed by atoms with Gasteiger partial charge >= 0.3 is 0 Å². The molecule has 0 aliphatic carbocycles. The molecule has 1 amide bonds. The van der Waals surface area contributed by atoms with Gasteiger partial charge in [0.25, 0.3) is 5.91 Å². The average Bonchev–Trinajstić information content (AvgIpc) is 3.36. The lowest BCUT2D eigenvalue weighted by Crippen LogP contribution is -2.13. The zero-order valence-corrected chi connectivity index (χ0v) is 16.3. The number of nitrogens with one attached hydrogen (secondary N) is 2. The third-order valence-corrected chi connectivity index (χ3v) is 4.62. The van der Waals surface area contributed by atoms with Crippen molar-refractivity contribution in [3.8, 4) is 17.0 Å². The molecule has 0 aliphatic rings. The predicted octanol–water partition coefficient (Wildman–Crippen LogP) is 4.24. The molecule has 8 heteroatoms. The minimum absolute atomic E-state index is 0.299. The van der Waals surface area contributed by atoms with E-state index in [0.717, 1.165) is 16.9 Å². The van der Waals surface area contributed by atoms with E-state index in [1.807, 2.05) is 54.6 Å². The third kappa shape index (κ3) is 4.30. The van der Waals surface area contributed by atoms with Crippen molar-refractivity contribution in [3.05, 3.63) is 83.1 Å². The van der Waals surface area contributed by atoms with Gasteiger partial charge in [0.1, 0.15) is 16.5 Å². The Hall–Kier alpha value is -3.58. The Labute approximate surface area is 172 Å². The van der Waals surface area contributed by atoms with Gasteiger partial charge in [0, 0.05) is 11.8 Å². The van der Waals surface area contributed by atoms with Gasteiger partial charge in [0.2, 0.25) is 0 Å². The van der Waals surface area contributed by atoms with Crippen molar-refractivity contribution in [3.63, 3.8) is 0 Å². The number of hydrogen-bond acceptors (Lipinski definition) is 4. The van der Waals surface area contributed by atoms with Gasteiger partial charge < -0.3 is 10.1 Å². The number of benzene rings is 2. The number of rotatable bonds is 6. The smallest absolute Gasteiger partial charge is 0.274 e. The average molecular weight is 408 g/mol. The summed E-state index contributed by atoms with van der Waals surface area (Å²) in [4.78, 5) is 12.6. The first-order valence-electron chi connectivity index (χ1n) is 8.90. The summed E-state index contributed by atoms with van der Waals surface area (Å²) in [5, 5.41) is 14.4. The number of aromatic amines is 1. The molecule has 0 saturated heterocycles. The minimum atomic E-state index is -0.371. The number of anilines is 1. The molecule has 29 heavy (non-hydrogen) atoms. The Morgan fingerprint density at radius 2 is 1.93 bits per heavy atom. The molecule has 0 unspecified atom stereocenters. The molecular formula is C21H18ClN5O2. The number of amides is 1. The van der Waals surface area contributed by atoms with Gasteiger partial charge in [-0.05, 0) is 35.9 Å². The zero-order chi connectivity index (χ0) is 20.2. The largest absolute Gasteiger partial charge is 0.497 e. The van der Waals surface area contributed by atoms with Crippen LogP contribution in [0.4, 0.5) is 5.82 Å². The summed E-state index contributed by atoms with van der Waals surface area (Å²) in [7, 11) is 1.61. The standard InChI is InChI=1S/C21H18ClN5O2/c1-29-16-9-7-15(8-10-16)18-11-19(25-24-18)21(28)23-20-17(22)13-27(26-20)12-14-5-3-2-4-6-14/h2-11,13H,12H2,1H3,(H,24,25)(H,23,26,28). The Kier molecular flexibility index (Phi) is 5.31. The number of halogens is 1. The van der Waals surface area contributed by atoms with Gasteiger partial charge in [-0.3, -0.25) is 14.6 Å². The van der Waals surface area contributed by atoms with Crippen LogP contribution in [0, 0.1) is 0 Å². The van der Waals surface area contributed by atoms with E-state index in [1.165, 1.54) is 0 Å². The molecule has 0 radical (unpaired) electrons. The van der Waals surface area contributed by atoms with Gasteiger partial charge in [-0.25, -0.2) is 0 Å². The van der Waals surface area contributed by atoms with Crippen LogP contribution in [0.1, 0.15) is 16.1 Å². The number of methoxy groups -OCH3 is 1. The van der Waals surface area contributed by atoms with Crippen LogP contribution in [-0.4, -0.2) is 33.0 Å². The second-order valence-corrected chi connectivity index (χ2v) is 6.77. The zero-order valence-electron chi connectivity index (χ0n) is 15.6. The Morgan fingerprint density at radius 1 is 1.17 bits per heavy atom. The Morgan fingerprint density at radius 3 is 2.66 bits per heavy atom. The molecule has 0 atom stereocenters. The molecule has 0 fully saturated rings. The molecule has 0 saturated carbocycles. The number of carbonyl (C=O) groups is 1. The lowest BCUT2D eigenvalue weighted by molar-refractivity contribution is 0.102. The maximum atomic E-state index is 12.6. The van der Waals surface area contributed by atoms with E-state index in [0.29, 0.717) is 28.8 Å². The van der Waals surface area contributed by atoms with E-state index in [-0.39, 0.29) is 5.91 Å². The third-order valence-electron chi connectivity index (χ3n) is 4.34. The Bertz CT molecular complexity index is 1120. The molecule has 4 aromatic rings.